The van der Waals surface area contributed by atoms with Crippen molar-refractivity contribution in [2.45, 2.75) is 314 Å². The third-order valence-corrected chi connectivity index (χ3v) is 13.9. The quantitative estimate of drug-likeness (QED) is 0.0261. The molecule has 0 saturated carbocycles. The molecule has 1 aliphatic rings. The number of aliphatic hydroxyl groups is 5. The average molecular weight is 975 g/mol. The Morgan fingerprint density at radius 1 is 0.478 bits per heavy atom. The average Bonchev–Trinajstić information content (AvgIpc) is 3.35. The highest BCUT2D eigenvalue weighted by atomic mass is 16.7. The van der Waals surface area contributed by atoms with Crippen LogP contribution in [-0.4, -0.2) is 87.5 Å². The fourth-order valence-corrected chi connectivity index (χ4v) is 9.18. The fraction of sp³-hybridized carbons (Fsp3) is 0.850. The second-order valence-electron chi connectivity index (χ2n) is 20.4. The molecular weight excluding hydrogens is 863 g/mol. The Hall–Kier alpha value is -1.85. The lowest BCUT2D eigenvalue weighted by molar-refractivity contribution is -0.302. The van der Waals surface area contributed by atoms with E-state index in [9.17, 15) is 30.3 Å². The molecule has 0 aromatic carbocycles. The number of carbonyl (C=O) groups excluding carboxylic acids is 1. The molecule has 9 nitrogen and oxygen atoms in total. The van der Waals surface area contributed by atoms with E-state index in [0.29, 0.717) is 6.42 Å². The van der Waals surface area contributed by atoms with Crippen molar-refractivity contribution in [2.24, 2.45) is 0 Å². The van der Waals surface area contributed by atoms with Crippen LogP contribution in [0.3, 0.4) is 0 Å². The molecule has 1 aliphatic heterocycles. The van der Waals surface area contributed by atoms with Crippen molar-refractivity contribution in [3.05, 3.63) is 48.6 Å². The van der Waals surface area contributed by atoms with Gasteiger partial charge < -0.3 is 40.3 Å². The summed E-state index contributed by atoms with van der Waals surface area (Å²) in [6.45, 7) is 3.78. The van der Waals surface area contributed by atoms with Crippen molar-refractivity contribution in [2.75, 3.05) is 13.2 Å². The minimum absolute atomic E-state index is 0.190. The van der Waals surface area contributed by atoms with Crippen LogP contribution in [0.15, 0.2) is 48.6 Å². The van der Waals surface area contributed by atoms with E-state index in [0.717, 1.165) is 44.9 Å². The Morgan fingerprint density at radius 2 is 0.826 bits per heavy atom. The van der Waals surface area contributed by atoms with Crippen LogP contribution in [0.25, 0.3) is 0 Å². The van der Waals surface area contributed by atoms with Crippen molar-refractivity contribution in [3.8, 4) is 0 Å². The van der Waals surface area contributed by atoms with Gasteiger partial charge in [-0.3, -0.25) is 4.79 Å². The molecule has 1 heterocycles. The van der Waals surface area contributed by atoms with Gasteiger partial charge in [0.25, 0.3) is 0 Å². The second-order valence-corrected chi connectivity index (χ2v) is 20.4. The second kappa shape index (κ2) is 49.7. The summed E-state index contributed by atoms with van der Waals surface area (Å²) in [6.07, 6.45) is 58.9. The van der Waals surface area contributed by atoms with Gasteiger partial charge in [-0.15, -0.1) is 0 Å². The van der Waals surface area contributed by atoms with E-state index in [1.165, 1.54) is 205 Å². The van der Waals surface area contributed by atoms with Crippen LogP contribution in [0.2, 0.25) is 0 Å². The van der Waals surface area contributed by atoms with Gasteiger partial charge in [0, 0.05) is 6.42 Å². The molecule has 0 aromatic rings. The predicted octanol–water partition coefficient (Wildman–Crippen LogP) is 14.5. The van der Waals surface area contributed by atoms with Gasteiger partial charge >= 0.3 is 0 Å². The van der Waals surface area contributed by atoms with Crippen LogP contribution in [0, 0.1) is 0 Å². The maximum absolute atomic E-state index is 13.1. The Morgan fingerprint density at radius 3 is 1.22 bits per heavy atom. The molecule has 1 amide bonds. The molecule has 0 aromatic heterocycles. The number of aliphatic hydroxyl groups excluding tert-OH is 5. The normalized spacial score (nSPS) is 19.8. The number of carbonyl (C=O) groups is 1. The van der Waals surface area contributed by atoms with Gasteiger partial charge in [-0.2, -0.15) is 0 Å². The van der Waals surface area contributed by atoms with Gasteiger partial charge in [0.2, 0.25) is 5.91 Å². The summed E-state index contributed by atoms with van der Waals surface area (Å²) in [5.74, 6) is -0.190. The summed E-state index contributed by atoms with van der Waals surface area (Å²) in [6, 6.07) is -0.829. The molecule has 7 atom stereocenters. The maximum Gasteiger partial charge on any atom is 0.220 e. The highest BCUT2D eigenvalue weighted by Crippen LogP contribution is 2.23. The van der Waals surface area contributed by atoms with E-state index in [-0.39, 0.29) is 12.5 Å². The number of ether oxygens (including phenoxy) is 2. The van der Waals surface area contributed by atoms with E-state index in [1.807, 2.05) is 6.08 Å². The number of hydrogen-bond acceptors (Lipinski definition) is 8. The lowest BCUT2D eigenvalue weighted by Crippen LogP contribution is -2.60. The molecule has 1 rings (SSSR count). The molecule has 7 unspecified atom stereocenters. The highest BCUT2D eigenvalue weighted by molar-refractivity contribution is 5.76. The van der Waals surface area contributed by atoms with Gasteiger partial charge in [0.05, 0.1) is 25.4 Å². The molecule has 0 spiro atoms. The summed E-state index contributed by atoms with van der Waals surface area (Å²) in [5, 5.41) is 54.5. The van der Waals surface area contributed by atoms with Crippen LogP contribution in [0.5, 0.6) is 0 Å². The summed E-state index contributed by atoms with van der Waals surface area (Å²) < 4.78 is 11.3. The summed E-state index contributed by atoms with van der Waals surface area (Å²) in [7, 11) is 0. The van der Waals surface area contributed by atoms with Gasteiger partial charge in [-0.25, -0.2) is 0 Å². The molecule has 0 bridgehead atoms. The monoisotopic (exact) mass is 974 g/mol. The van der Waals surface area contributed by atoms with Crippen LogP contribution >= 0.6 is 0 Å². The zero-order valence-corrected chi connectivity index (χ0v) is 44.8. The first-order chi connectivity index (χ1) is 33.8. The van der Waals surface area contributed by atoms with E-state index >= 15 is 0 Å². The topological polar surface area (TPSA) is 149 Å². The van der Waals surface area contributed by atoms with Crippen molar-refractivity contribution < 1.29 is 39.8 Å². The Balaban J connectivity index is 2.26. The fourth-order valence-electron chi connectivity index (χ4n) is 9.18. The van der Waals surface area contributed by atoms with Gasteiger partial charge in [-0.05, 0) is 70.6 Å². The first-order valence-electron chi connectivity index (χ1n) is 29.4. The molecular formula is C60H111NO8. The maximum atomic E-state index is 13.1. The lowest BCUT2D eigenvalue weighted by atomic mass is 9.99. The molecule has 9 heteroatoms. The third kappa shape index (κ3) is 39.4. The van der Waals surface area contributed by atoms with Crippen LogP contribution in [0.1, 0.15) is 271 Å². The van der Waals surface area contributed by atoms with E-state index in [2.05, 4.69) is 55.6 Å². The molecule has 0 radical (unpaired) electrons. The molecule has 0 aliphatic carbocycles. The van der Waals surface area contributed by atoms with Gasteiger partial charge in [-0.1, -0.05) is 242 Å². The van der Waals surface area contributed by atoms with Crippen molar-refractivity contribution in [1.82, 2.24) is 5.32 Å². The minimum atomic E-state index is -1.58. The zero-order chi connectivity index (χ0) is 50.1. The first-order valence-corrected chi connectivity index (χ1v) is 29.4. The Labute approximate surface area is 424 Å². The van der Waals surface area contributed by atoms with Crippen molar-refractivity contribution in [1.29, 1.82) is 0 Å². The lowest BCUT2D eigenvalue weighted by Gasteiger charge is -2.40. The number of unbranched alkanes of at least 4 members (excludes halogenated alkanes) is 34. The highest BCUT2D eigenvalue weighted by Gasteiger charge is 2.44. The van der Waals surface area contributed by atoms with Gasteiger partial charge in [0.1, 0.15) is 24.4 Å². The molecule has 6 N–H and O–H groups in total. The number of allylic oxidation sites excluding steroid dienone is 7. The third-order valence-electron chi connectivity index (χ3n) is 13.9. The summed E-state index contributed by atoms with van der Waals surface area (Å²) >= 11 is 0. The molecule has 1 fully saturated rings. The zero-order valence-electron chi connectivity index (χ0n) is 44.8. The number of rotatable bonds is 50. The Kier molecular flexibility index (Phi) is 47.0. The molecule has 69 heavy (non-hydrogen) atoms. The predicted molar refractivity (Wildman–Crippen MR) is 290 cm³/mol. The Bertz CT molecular complexity index is 1220. The van der Waals surface area contributed by atoms with Crippen LogP contribution in [0.4, 0.5) is 0 Å². The number of nitrogens with one attached hydrogen (secondary N) is 1. The van der Waals surface area contributed by atoms with Crippen LogP contribution < -0.4 is 5.32 Å². The smallest absolute Gasteiger partial charge is 0.220 e. The van der Waals surface area contributed by atoms with E-state index in [4.69, 9.17) is 9.47 Å². The minimum Gasteiger partial charge on any atom is -0.394 e. The largest absolute Gasteiger partial charge is 0.394 e. The van der Waals surface area contributed by atoms with Crippen molar-refractivity contribution in [3.63, 3.8) is 0 Å². The molecule has 404 valence electrons. The summed E-state index contributed by atoms with van der Waals surface area (Å²) in [5.41, 5.74) is 0. The SMILES string of the molecule is CCCCCCCCCC/C=C\CCCCCCCCCCCCCC(=O)NC(COC1OC(CO)C(O)C(O)C1O)C(O)/C=C/CC/C=C/CC/C=C/CCCCCCCCCCCCCCC. The van der Waals surface area contributed by atoms with Gasteiger partial charge in [0.15, 0.2) is 6.29 Å². The first kappa shape index (κ1) is 65.2. The summed E-state index contributed by atoms with van der Waals surface area (Å²) in [4.78, 5) is 13.1. The van der Waals surface area contributed by atoms with E-state index in [1.54, 1.807) is 6.08 Å². The standard InChI is InChI=1S/C60H111NO8/c1-3-5-7-9-11-13-15-17-19-21-23-25-27-29-31-33-35-37-39-41-43-45-47-49-54(63)53(52-68-60-59(67)58(66)57(65)55(51-62)69-60)61-56(64)50-48-46-44-42-40-38-36-34-32-30-28-26-24-22-20-18-16-14-12-10-8-6-4-2/h22,24,31,33,39,41,47,49,53-55,57-60,62-63,65-67H,3-21,23,25-30,32,34-38,40,42-46,48,50-52H2,1-2H3,(H,61,64)/b24-22-,33-31+,41-39+,49-47+. The van der Waals surface area contributed by atoms with Crippen LogP contribution in [-0.2, 0) is 14.3 Å². The van der Waals surface area contributed by atoms with Crippen molar-refractivity contribution >= 4 is 5.91 Å². The number of hydrogen-bond donors (Lipinski definition) is 6. The molecule has 1 saturated heterocycles. The number of amides is 1. The van der Waals surface area contributed by atoms with E-state index < -0.39 is 49.5 Å².